The largest absolute Gasteiger partial charge is 0.368 e. The number of aryl methyl sites for hydroxylation is 1. The molecule has 0 aliphatic carbocycles. The van der Waals surface area contributed by atoms with E-state index in [0.717, 1.165) is 17.1 Å². The lowest BCUT2D eigenvalue weighted by Gasteiger charge is -2.06. The summed E-state index contributed by atoms with van der Waals surface area (Å²) < 4.78 is 11.9. The van der Waals surface area contributed by atoms with Crippen molar-refractivity contribution in [1.82, 2.24) is 9.97 Å². The fourth-order valence-corrected chi connectivity index (χ4v) is 2.71. The van der Waals surface area contributed by atoms with Gasteiger partial charge in [0.1, 0.15) is 5.82 Å². The van der Waals surface area contributed by atoms with Crippen molar-refractivity contribution in [3.8, 4) is 0 Å². The van der Waals surface area contributed by atoms with E-state index in [1.54, 1.807) is 12.4 Å². The summed E-state index contributed by atoms with van der Waals surface area (Å²) in [7, 11) is -0.861. The Hall–Kier alpha value is -1.75. The Balaban J connectivity index is 1.75. The molecule has 0 radical (unpaired) electrons. The average Bonchev–Trinajstić information content (AvgIpc) is 2.40. The normalized spacial score (nSPS) is 12.1. The molecule has 1 unspecified atom stereocenters. The van der Waals surface area contributed by atoms with Gasteiger partial charge in [-0.3, -0.25) is 9.19 Å². The number of hydrogen-bond donors (Lipinski definition) is 1. The summed E-state index contributed by atoms with van der Waals surface area (Å²) >= 11 is 0. The molecular weight excluding hydrogens is 258 g/mol. The highest BCUT2D eigenvalue weighted by Gasteiger charge is 2.02. The zero-order valence-corrected chi connectivity index (χ0v) is 11.7. The maximum Gasteiger partial charge on any atom is 0.144 e. The summed E-state index contributed by atoms with van der Waals surface area (Å²) in [5.41, 5.74) is 1.98. The first-order chi connectivity index (χ1) is 9.24. The molecule has 1 atom stereocenters. The van der Waals surface area contributed by atoms with Crippen LogP contribution in [0.25, 0.3) is 0 Å². The lowest BCUT2D eigenvalue weighted by atomic mass is 10.2. The van der Waals surface area contributed by atoms with Crippen LogP contribution in [-0.4, -0.2) is 26.5 Å². The maximum absolute atomic E-state index is 11.9. The third-order valence-corrected chi connectivity index (χ3v) is 3.88. The molecule has 0 fully saturated rings. The summed E-state index contributed by atoms with van der Waals surface area (Å²) in [6, 6.07) is 9.89. The molecule has 0 aliphatic heterocycles. The SMILES string of the molecule is Cc1cncc(NCCS(=O)Cc2ccccc2)n1. The predicted molar refractivity (Wildman–Crippen MR) is 78.4 cm³/mol. The topological polar surface area (TPSA) is 54.9 Å². The van der Waals surface area contributed by atoms with Gasteiger partial charge in [-0.2, -0.15) is 0 Å². The van der Waals surface area contributed by atoms with E-state index in [2.05, 4.69) is 15.3 Å². The smallest absolute Gasteiger partial charge is 0.144 e. The third kappa shape index (κ3) is 4.79. The quantitative estimate of drug-likeness (QED) is 0.877. The Morgan fingerprint density at radius 1 is 1.21 bits per heavy atom. The van der Waals surface area contributed by atoms with Crippen LogP contribution in [0.1, 0.15) is 11.3 Å². The highest BCUT2D eigenvalue weighted by Crippen LogP contribution is 2.04. The van der Waals surface area contributed by atoms with Crippen molar-refractivity contribution in [3.63, 3.8) is 0 Å². The number of nitrogens with one attached hydrogen (secondary N) is 1. The summed E-state index contributed by atoms with van der Waals surface area (Å²) in [5.74, 6) is 1.93. The summed E-state index contributed by atoms with van der Waals surface area (Å²) in [6.45, 7) is 2.53. The minimum atomic E-state index is -0.861. The van der Waals surface area contributed by atoms with Gasteiger partial charge in [-0.05, 0) is 12.5 Å². The molecule has 0 saturated carbocycles. The van der Waals surface area contributed by atoms with Crippen molar-refractivity contribution in [2.75, 3.05) is 17.6 Å². The van der Waals surface area contributed by atoms with Crippen molar-refractivity contribution in [2.45, 2.75) is 12.7 Å². The minimum absolute atomic E-state index is 0.599. The van der Waals surface area contributed by atoms with E-state index in [9.17, 15) is 4.21 Å². The van der Waals surface area contributed by atoms with E-state index in [1.807, 2.05) is 37.3 Å². The first kappa shape index (κ1) is 13.7. The molecule has 0 amide bonds. The van der Waals surface area contributed by atoms with Crippen LogP contribution in [-0.2, 0) is 16.6 Å². The Morgan fingerprint density at radius 3 is 2.74 bits per heavy atom. The molecule has 19 heavy (non-hydrogen) atoms. The van der Waals surface area contributed by atoms with Crippen LogP contribution < -0.4 is 5.32 Å². The molecule has 0 spiro atoms. The number of hydrogen-bond acceptors (Lipinski definition) is 4. The highest BCUT2D eigenvalue weighted by molar-refractivity contribution is 7.84. The van der Waals surface area contributed by atoms with Crippen LogP contribution in [0.15, 0.2) is 42.7 Å². The van der Waals surface area contributed by atoms with E-state index in [1.165, 1.54) is 0 Å². The second kappa shape index (κ2) is 6.99. The van der Waals surface area contributed by atoms with Gasteiger partial charge in [0.05, 0.1) is 11.9 Å². The lowest BCUT2D eigenvalue weighted by molar-refractivity contribution is 0.682. The minimum Gasteiger partial charge on any atom is -0.368 e. The van der Waals surface area contributed by atoms with Crippen molar-refractivity contribution < 1.29 is 4.21 Å². The van der Waals surface area contributed by atoms with Gasteiger partial charge in [-0.15, -0.1) is 0 Å². The van der Waals surface area contributed by atoms with E-state index in [-0.39, 0.29) is 0 Å². The molecular formula is C14H17N3OS. The molecule has 100 valence electrons. The average molecular weight is 275 g/mol. The van der Waals surface area contributed by atoms with Gasteiger partial charge >= 0.3 is 0 Å². The fraction of sp³-hybridized carbons (Fsp3) is 0.286. The zero-order valence-electron chi connectivity index (χ0n) is 10.9. The molecule has 1 N–H and O–H groups in total. The van der Waals surface area contributed by atoms with Crippen molar-refractivity contribution >= 4 is 16.6 Å². The molecule has 1 aromatic carbocycles. The van der Waals surface area contributed by atoms with Gasteiger partial charge in [-0.25, -0.2) is 4.98 Å². The molecule has 4 nitrogen and oxygen atoms in total. The maximum atomic E-state index is 11.9. The highest BCUT2D eigenvalue weighted by atomic mass is 32.2. The molecule has 0 aliphatic rings. The lowest BCUT2D eigenvalue weighted by Crippen LogP contribution is -2.13. The van der Waals surface area contributed by atoms with Crippen LogP contribution in [0, 0.1) is 6.92 Å². The first-order valence-corrected chi connectivity index (χ1v) is 7.64. The van der Waals surface area contributed by atoms with E-state index in [0.29, 0.717) is 18.1 Å². The molecule has 2 aromatic rings. The Kier molecular flexibility index (Phi) is 5.03. The molecule has 0 saturated heterocycles. The van der Waals surface area contributed by atoms with Crippen LogP contribution >= 0.6 is 0 Å². The predicted octanol–water partition coefficient (Wildman–Crippen LogP) is 2.15. The van der Waals surface area contributed by atoms with Gasteiger partial charge < -0.3 is 5.32 Å². The number of rotatable bonds is 6. The van der Waals surface area contributed by atoms with Crippen LogP contribution in [0.5, 0.6) is 0 Å². The second-order valence-electron chi connectivity index (χ2n) is 4.25. The summed E-state index contributed by atoms with van der Waals surface area (Å²) in [5, 5.41) is 3.14. The fourth-order valence-electron chi connectivity index (χ4n) is 1.67. The second-order valence-corrected chi connectivity index (χ2v) is 5.82. The molecule has 5 heteroatoms. The van der Waals surface area contributed by atoms with E-state index < -0.39 is 10.8 Å². The Bertz CT molecular complexity index is 545. The third-order valence-electron chi connectivity index (χ3n) is 2.56. The van der Waals surface area contributed by atoms with Crippen molar-refractivity contribution in [1.29, 1.82) is 0 Å². The van der Waals surface area contributed by atoms with Crippen LogP contribution in [0.4, 0.5) is 5.82 Å². The Morgan fingerprint density at radius 2 is 2.00 bits per heavy atom. The number of benzene rings is 1. The van der Waals surface area contributed by atoms with Gasteiger partial charge in [0.25, 0.3) is 0 Å². The molecule has 1 aromatic heterocycles. The molecule has 1 heterocycles. The Labute approximate surface area is 115 Å². The van der Waals surface area contributed by atoms with Crippen LogP contribution in [0.2, 0.25) is 0 Å². The monoisotopic (exact) mass is 275 g/mol. The summed E-state index contributed by atoms with van der Waals surface area (Å²) in [4.78, 5) is 8.33. The van der Waals surface area contributed by atoms with Crippen LogP contribution in [0.3, 0.4) is 0 Å². The standard InChI is InChI=1S/C14H17N3OS/c1-12-9-15-10-14(17-12)16-7-8-19(18)11-13-5-3-2-4-6-13/h2-6,9-10H,7-8,11H2,1H3,(H,16,17). The summed E-state index contributed by atoms with van der Waals surface area (Å²) in [6.07, 6.45) is 3.38. The van der Waals surface area contributed by atoms with E-state index in [4.69, 9.17) is 0 Å². The van der Waals surface area contributed by atoms with E-state index >= 15 is 0 Å². The molecule has 0 bridgehead atoms. The van der Waals surface area contributed by atoms with Gasteiger partial charge in [0.2, 0.25) is 0 Å². The number of anilines is 1. The van der Waals surface area contributed by atoms with Gasteiger partial charge in [0, 0.05) is 35.0 Å². The van der Waals surface area contributed by atoms with Crippen molar-refractivity contribution in [3.05, 3.63) is 54.0 Å². The number of nitrogens with zero attached hydrogens (tertiary/aromatic N) is 2. The first-order valence-electron chi connectivity index (χ1n) is 6.15. The number of aromatic nitrogens is 2. The van der Waals surface area contributed by atoms with Gasteiger partial charge in [0.15, 0.2) is 0 Å². The molecule has 2 rings (SSSR count). The zero-order chi connectivity index (χ0) is 13.5. The van der Waals surface area contributed by atoms with Crippen molar-refractivity contribution in [2.24, 2.45) is 0 Å². The van der Waals surface area contributed by atoms with Gasteiger partial charge in [-0.1, -0.05) is 30.3 Å².